The van der Waals surface area contributed by atoms with E-state index in [9.17, 15) is 10.1 Å². The highest BCUT2D eigenvalue weighted by molar-refractivity contribution is 7.07. The third-order valence-corrected chi connectivity index (χ3v) is 6.14. The van der Waals surface area contributed by atoms with E-state index in [1.54, 1.807) is 23.5 Å². The van der Waals surface area contributed by atoms with Crippen LogP contribution in [0.15, 0.2) is 52.8 Å². The van der Waals surface area contributed by atoms with Crippen LogP contribution in [0, 0.1) is 29.9 Å². The molecule has 0 aliphatic rings. The number of hydrogen-bond donors (Lipinski definition) is 0. The number of aromatic nitrogens is 1. The van der Waals surface area contributed by atoms with Crippen LogP contribution in [-0.2, 0) is 0 Å². The lowest BCUT2D eigenvalue weighted by Gasteiger charge is -2.18. The first-order chi connectivity index (χ1) is 14.3. The van der Waals surface area contributed by atoms with Gasteiger partial charge in [0.25, 0.3) is 5.69 Å². The molecule has 0 N–H and O–H groups in total. The molecule has 0 aliphatic carbocycles. The molecule has 158 valence electrons. The van der Waals surface area contributed by atoms with Crippen LogP contribution in [0.3, 0.4) is 0 Å². The minimum atomic E-state index is -0.363. The minimum absolute atomic E-state index is 0.105. The van der Waals surface area contributed by atoms with Gasteiger partial charge in [0.2, 0.25) is 0 Å². The molecule has 30 heavy (non-hydrogen) atoms. The molecule has 0 spiro atoms. The molecule has 0 aliphatic heterocycles. The first kappa shape index (κ1) is 22.0. The van der Waals surface area contributed by atoms with Crippen molar-refractivity contribution >= 4 is 22.7 Å². The Kier molecular flexibility index (Phi) is 6.87. The minimum Gasteiger partial charge on any atom is -0.314 e. The van der Waals surface area contributed by atoms with Gasteiger partial charge in [-0.25, -0.2) is 4.99 Å². The van der Waals surface area contributed by atoms with Crippen molar-refractivity contribution < 1.29 is 4.92 Å². The predicted octanol–water partition coefficient (Wildman–Crippen LogP) is 6.97. The molecule has 1 atom stereocenters. The van der Waals surface area contributed by atoms with E-state index in [-0.39, 0.29) is 16.7 Å². The largest absolute Gasteiger partial charge is 0.314 e. The molecule has 2 aromatic carbocycles. The van der Waals surface area contributed by atoms with E-state index in [1.807, 2.05) is 12.1 Å². The van der Waals surface area contributed by atoms with Gasteiger partial charge >= 0.3 is 0 Å². The standard InChI is InChI=1S/C24H29N3O2S/c1-16(2)6-9-19(5)26-23(20-10-12-21(13-11-20)27(28)29)15-30-24(26)25-22-14-17(3)7-8-18(22)4/h7-8,10-16,19H,6,9H2,1-5H3. The summed E-state index contributed by atoms with van der Waals surface area (Å²) < 4.78 is 2.29. The normalized spacial score (nSPS) is 13.1. The number of hydrogen-bond acceptors (Lipinski definition) is 4. The van der Waals surface area contributed by atoms with E-state index in [4.69, 9.17) is 4.99 Å². The van der Waals surface area contributed by atoms with Crippen molar-refractivity contribution in [1.29, 1.82) is 0 Å². The summed E-state index contributed by atoms with van der Waals surface area (Å²) in [6.45, 7) is 10.9. The highest BCUT2D eigenvalue weighted by Gasteiger charge is 2.16. The molecule has 0 radical (unpaired) electrons. The van der Waals surface area contributed by atoms with Crippen molar-refractivity contribution in [3.05, 3.63) is 73.9 Å². The third kappa shape index (κ3) is 5.05. The fourth-order valence-electron chi connectivity index (χ4n) is 3.44. The van der Waals surface area contributed by atoms with Crippen LogP contribution >= 0.6 is 11.3 Å². The molecule has 0 saturated heterocycles. The van der Waals surface area contributed by atoms with E-state index >= 15 is 0 Å². The number of nitro benzene ring substituents is 1. The van der Waals surface area contributed by atoms with E-state index in [2.05, 4.69) is 62.8 Å². The van der Waals surface area contributed by atoms with E-state index < -0.39 is 0 Å². The lowest BCUT2D eigenvalue weighted by molar-refractivity contribution is -0.384. The summed E-state index contributed by atoms with van der Waals surface area (Å²) in [5.74, 6) is 0.633. The molecule has 1 heterocycles. The molecule has 1 aromatic heterocycles. The van der Waals surface area contributed by atoms with Crippen LogP contribution in [0.25, 0.3) is 11.3 Å². The molecule has 3 rings (SSSR count). The zero-order valence-electron chi connectivity index (χ0n) is 18.3. The van der Waals surface area contributed by atoms with Crippen LogP contribution in [0.2, 0.25) is 0 Å². The van der Waals surface area contributed by atoms with Gasteiger partial charge in [0.15, 0.2) is 4.80 Å². The maximum Gasteiger partial charge on any atom is 0.269 e. The van der Waals surface area contributed by atoms with Gasteiger partial charge in [0.1, 0.15) is 0 Å². The molecule has 6 heteroatoms. The van der Waals surface area contributed by atoms with Gasteiger partial charge in [-0.3, -0.25) is 10.1 Å². The van der Waals surface area contributed by atoms with Crippen LogP contribution < -0.4 is 4.80 Å². The lowest BCUT2D eigenvalue weighted by Crippen LogP contribution is -2.20. The lowest BCUT2D eigenvalue weighted by atomic mass is 10.0. The van der Waals surface area contributed by atoms with Crippen molar-refractivity contribution in [2.75, 3.05) is 0 Å². The van der Waals surface area contributed by atoms with Gasteiger partial charge < -0.3 is 4.57 Å². The fraction of sp³-hybridized carbons (Fsp3) is 0.375. The van der Waals surface area contributed by atoms with Crippen LogP contribution in [0.4, 0.5) is 11.4 Å². The van der Waals surface area contributed by atoms with Gasteiger partial charge in [-0.1, -0.05) is 26.0 Å². The van der Waals surface area contributed by atoms with Crippen molar-refractivity contribution in [1.82, 2.24) is 4.57 Å². The Balaban J connectivity index is 2.12. The Bertz CT molecular complexity index is 1090. The van der Waals surface area contributed by atoms with Gasteiger partial charge in [0.05, 0.1) is 16.3 Å². The number of non-ortho nitro benzene ring substituents is 1. The molecule has 5 nitrogen and oxygen atoms in total. The van der Waals surface area contributed by atoms with Crippen molar-refractivity contribution in [3.8, 4) is 11.3 Å². The zero-order chi connectivity index (χ0) is 21.8. The SMILES string of the molecule is Cc1ccc(C)c(N=c2scc(-c3ccc([N+](=O)[O-])cc3)n2C(C)CCC(C)C)c1. The average Bonchev–Trinajstić information content (AvgIpc) is 3.12. The predicted molar refractivity (Wildman–Crippen MR) is 124 cm³/mol. The van der Waals surface area contributed by atoms with Crippen LogP contribution in [-0.4, -0.2) is 9.49 Å². The molecule has 3 aromatic rings. The molecular formula is C24H29N3O2S. The zero-order valence-corrected chi connectivity index (χ0v) is 19.1. The number of thiazole rings is 1. The van der Waals surface area contributed by atoms with Gasteiger partial charge in [-0.15, -0.1) is 11.3 Å². The highest BCUT2D eigenvalue weighted by Crippen LogP contribution is 2.28. The number of rotatable bonds is 7. The topological polar surface area (TPSA) is 60.4 Å². The Morgan fingerprint density at radius 1 is 1.07 bits per heavy atom. The first-order valence-electron chi connectivity index (χ1n) is 10.3. The molecular weight excluding hydrogens is 394 g/mol. The third-order valence-electron chi connectivity index (χ3n) is 5.30. The first-order valence-corrected chi connectivity index (χ1v) is 11.2. The molecule has 0 amide bonds. The smallest absolute Gasteiger partial charge is 0.269 e. The summed E-state index contributed by atoms with van der Waals surface area (Å²) in [5.41, 5.74) is 5.44. The van der Waals surface area contributed by atoms with Crippen molar-refractivity contribution in [2.45, 2.75) is 53.5 Å². The van der Waals surface area contributed by atoms with Crippen LogP contribution in [0.5, 0.6) is 0 Å². The van der Waals surface area contributed by atoms with E-state index in [0.29, 0.717) is 5.92 Å². The quantitative estimate of drug-likeness (QED) is 0.304. The molecule has 0 bridgehead atoms. The number of nitro groups is 1. The Morgan fingerprint density at radius 2 is 1.77 bits per heavy atom. The van der Waals surface area contributed by atoms with E-state index in [0.717, 1.165) is 40.2 Å². The Morgan fingerprint density at radius 3 is 2.40 bits per heavy atom. The van der Waals surface area contributed by atoms with Gasteiger partial charge in [-0.05, 0) is 74.4 Å². The van der Waals surface area contributed by atoms with Crippen LogP contribution in [0.1, 0.15) is 50.8 Å². The number of aryl methyl sites for hydroxylation is 2. The summed E-state index contributed by atoms with van der Waals surface area (Å²) in [4.78, 5) is 16.6. The van der Waals surface area contributed by atoms with Gasteiger partial charge in [-0.2, -0.15) is 0 Å². The molecule has 1 unspecified atom stereocenters. The Hall–Kier alpha value is -2.73. The summed E-state index contributed by atoms with van der Waals surface area (Å²) >= 11 is 1.62. The monoisotopic (exact) mass is 423 g/mol. The van der Waals surface area contributed by atoms with Gasteiger partial charge in [0, 0.05) is 23.6 Å². The summed E-state index contributed by atoms with van der Waals surface area (Å²) in [7, 11) is 0. The number of benzene rings is 2. The second kappa shape index (κ2) is 9.39. The Labute approximate surface area is 181 Å². The second-order valence-corrected chi connectivity index (χ2v) is 9.14. The van der Waals surface area contributed by atoms with Crippen molar-refractivity contribution in [2.24, 2.45) is 10.9 Å². The highest BCUT2D eigenvalue weighted by atomic mass is 32.1. The number of nitrogens with zero attached hydrogens (tertiary/aromatic N) is 3. The summed E-state index contributed by atoms with van der Waals surface area (Å²) in [6, 6.07) is 13.4. The maximum absolute atomic E-state index is 11.0. The average molecular weight is 424 g/mol. The maximum atomic E-state index is 11.0. The molecule has 0 saturated carbocycles. The fourth-order valence-corrected chi connectivity index (χ4v) is 4.45. The molecule has 0 fully saturated rings. The second-order valence-electron chi connectivity index (χ2n) is 8.30. The summed E-state index contributed by atoms with van der Waals surface area (Å²) in [5, 5.41) is 13.1. The summed E-state index contributed by atoms with van der Waals surface area (Å²) in [6.07, 6.45) is 2.18. The van der Waals surface area contributed by atoms with Crippen molar-refractivity contribution in [3.63, 3.8) is 0 Å². The van der Waals surface area contributed by atoms with E-state index in [1.165, 1.54) is 5.56 Å².